The number of likely N-dealkylation sites (N-methyl/N-ethyl adjacent to an activating group) is 1. The fraction of sp³-hybridized carbons (Fsp3) is 0.269. The topological polar surface area (TPSA) is 114 Å². The molecule has 0 saturated heterocycles. The van der Waals surface area contributed by atoms with Gasteiger partial charge >= 0.3 is 0 Å². The van der Waals surface area contributed by atoms with Gasteiger partial charge in [0.2, 0.25) is 0 Å². The zero-order valence-corrected chi connectivity index (χ0v) is 20.0. The van der Waals surface area contributed by atoms with E-state index in [1.165, 1.54) is 19.2 Å². The van der Waals surface area contributed by atoms with Crippen LogP contribution < -0.4 is 14.8 Å². The third-order valence-electron chi connectivity index (χ3n) is 5.55. The SMILES string of the molecule is CNc1cc(OCc2cc(CO)cc([N+](=O)[O-])c2)c(OC)cc1C(=O)N(C)CCc1ccccc1. The summed E-state index contributed by atoms with van der Waals surface area (Å²) in [5, 5.41) is 23.6. The van der Waals surface area contributed by atoms with Crippen LogP contribution in [0.25, 0.3) is 0 Å². The van der Waals surface area contributed by atoms with Crippen LogP contribution in [0.4, 0.5) is 11.4 Å². The molecule has 0 aliphatic heterocycles. The van der Waals surface area contributed by atoms with E-state index in [9.17, 15) is 20.0 Å². The molecule has 0 unspecified atom stereocenters. The minimum atomic E-state index is -0.517. The number of ether oxygens (including phenoxy) is 2. The molecule has 9 nitrogen and oxygen atoms in total. The number of benzene rings is 3. The molecule has 0 fully saturated rings. The zero-order valence-electron chi connectivity index (χ0n) is 20.0. The summed E-state index contributed by atoms with van der Waals surface area (Å²) >= 11 is 0. The van der Waals surface area contributed by atoms with Crippen molar-refractivity contribution in [2.75, 3.05) is 33.1 Å². The van der Waals surface area contributed by atoms with Crippen molar-refractivity contribution >= 4 is 17.3 Å². The molecule has 0 aromatic heterocycles. The fourth-order valence-corrected chi connectivity index (χ4v) is 3.65. The van der Waals surface area contributed by atoms with Crippen LogP contribution in [0.3, 0.4) is 0 Å². The maximum Gasteiger partial charge on any atom is 0.270 e. The van der Waals surface area contributed by atoms with E-state index in [0.29, 0.717) is 40.4 Å². The third-order valence-corrected chi connectivity index (χ3v) is 5.55. The van der Waals surface area contributed by atoms with Gasteiger partial charge in [0.05, 0.1) is 29.9 Å². The lowest BCUT2D eigenvalue weighted by Gasteiger charge is -2.21. The highest BCUT2D eigenvalue weighted by molar-refractivity contribution is 6.00. The summed E-state index contributed by atoms with van der Waals surface area (Å²) in [5.74, 6) is 0.565. The monoisotopic (exact) mass is 479 g/mol. The van der Waals surface area contributed by atoms with E-state index in [4.69, 9.17) is 9.47 Å². The Morgan fingerprint density at radius 1 is 1.06 bits per heavy atom. The number of non-ortho nitro benzene ring substituents is 1. The number of anilines is 1. The Bertz CT molecular complexity index is 1180. The lowest BCUT2D eigenvalue weighted by atomic mass is 10.1. The van der Waals surface area contributed by atoms with Crippen LogP contribution in [0.5, 0.6) is 11.5 Å². The number of carbonyl (C=O) groups excluding carboxylic acids is 1. The van der Waals surface area contributed by atoms with E-state index in [1.807, 2.05) is 30.3 Å². The van der Waals surface area contributed by atoms with E-state index in [1.54, 1.807) is 37.2 Å². The van der Waals surface area contributed by atoms with Crippen LogP contribution in [0.2, 0.25) is 0 Å². The normalized spacial score (nSPS) is 10.5. The number of nitrogens with zero attached hydrogens (tertiary/aromatic N) is 2. The van der Waals surface area contributed by atoms with Crippen molar-refractivity contribution in [3.8, 4) is 11.5 Å². The summed E-state index contributed by atoms with van der Waals surface area (Å²) in [6.07, 6.45) is 0.731. The largest absolute Gasteiger partial charge is 0.493 e. The summed E-state index contributed by atoms with van der Waals surface area (Å²) in [6, 6.07) is 17.6. The smallest absolute Gasteiger partial charge is 0.270 e. The lowest BCUT2D eigenvalue weighted by Crippen LogP contribution is -2.29. The van der Waals surface area contributed by atoms with E-state index < -0.39 is 4.92 Å². The molecule has 35 heavy (non-hydrogen) atoms. The molecule has 2 N–H and O–H groups in total. The van der Waals surface area contributed by atoms with Crippen molar-refractivity contribution in [3.05, 3.63) is 93.0 Å². The first-order valence-electron chi connectivity index (χ1n) is 11.1. The van der Waals surface area contributed by atoms with Crippen LogP contribution in [-0.4, -0.2) is 48.6 Å². The summed E-state index contributed by atoms with van der Waals surface area (Å²) in [6.45, 7) is 0.238. The highest BCUT2D eigenvalue weighted by atomic mass is 16.6. The highest BCUT2D eigenvalue weighted by Gasteiger charge is 2.20. The fourth-order valence-electron chi connectivity index (χ4n) is 3.65. The molecule has 184 valence electrons. The number of aliphatic hydroxyl groups is 1. The van der Waals surface area contributed by atoms with E-state index >= 15 is 0 Å². The van der Waals surface area contributed by atoms with Crippen molar-refractivity contribution in [1.29, 1.82) is 0 Å². The molecule has 1 amide bonds. The number of nitrogens with one attached hydrogen (secondary N) is 1. The van der Waals surface area contributed by atoms with Crippen LogP contribution >= 0.6 is 0 Å². The van der Waals surface area contributed by atoms with Crippen LogP contribution in [0.1, 0.15) is 27.0 Å². The number of nitro groups is 1. The van der Waals surface area contributed by atoms with Gasteiger partial charge in [-0.25, -0.2) is 0 Å². The maximum absolute atomic E-state index is 13.2. The van der Waals surface area contributed by atoms with E-state index in [2.05, 4.69) is 5.32 Å². The first-order valence-corrected chi connectivity index (χ1v) is 11.1. The average molecular weight is 480 g/mol. The number of hydrogen-bond donors (Lipinski definition) is 2. The van der Waals surface area contributed by atoms with Gasteiger partial charge in [0.1, 0.15) is 6.61 Å². The second-order valence-corrected chi connectivity index (χ2v) is 7.97. The number of hydrogen-bond acceptors (Lipinski definition) is 7. The first kappa shape index (κ1) is 25.5. The molecule has 0 aliphatic carbocycles. The van der Waals surface area contributed by atoms with E-state index in [-0.39, 0.29) is 24.8 Å². The molecule has 0 aliphatic rings. The average Bonchev–Trinajstić information content (AvgIpc) is 2.89. The Morgan fingerprint density at radius 2 is 1.77 bits per heavy atom. The first-order chi connectivity index (χ1) is 16.9. The van der Waals surface area contributed by atoms with Gasteiger partial charge < -0.3 is 24.8 Å². The summed E-state index contributed by atoms with van der Waals surface area (Å²) in [5.41, 5.74) is 2.96. The Balaban J connectivity index is 1.79. The predicted octanol–water partition coefficient (Wildman–Crippen LogP) is 4.03. The number of nitro benzene ring substituents is 1. The van der Waals surface area contributed by atoms with Gasteiger partial charge in [-0.2, -0.15) is 0 Å². The van der Waals surface area contributed by atoms with Crippen molar-refractivity contribution in [3.63, 3.8) is 0 Å². The van der Waals surface area contributed by atoms with Crippen LogP contribution in [-0.2, 0) is 19.6 Å². The number of rotatable bonds is 11. The Hall–Kier alpha value is -4.11. The number of methoxy groups -OCH3 is 1. The number of aliphatic hydroxyl groups excluding tert-OH is 1. The van der Waals surface area contributed by atoms with Gasteiger partial charge in [0.25, 0.3) is 11.6 Å². The molecule has 0 bridgehead atoms. The van der Waals surface area contributed by atoms with Crippen molar-refractivity contribution in [2.45, 2.75) is 19.6 Å². The zero-order chi connectivity index (χ0) is 25.4. The van der Waals surface area contributed by atoms with Crippen molar-refractivity contribution in [1.82, 2.24) is 4.90 Å². The van der Waals surface area contributed by atoms with Crippen LogP contribution in [0, 0.1) is 10.1 Å². The van der Waals surface area contributed by atoms with Gasteiger partial charge in [-0.3, -0.25) is 14.9 Å². The molecular formula is C26H29N3O6. The molecule has 0 radical (unpaired) electrons. The summed E-state index contributed by atoms with van der Waals surface area (Å²) in [4.78, 5) is 25.5. The standard InChI is InChI=1S/C26H29N3O6/c1-27-23-15-25(35-17-20-11-19(16-30)12-21(13-20)29(32)33)24(34-3)14-22(23)26(31)28(2)10-9-18-7-5-4-6-8-18/h4-8,11-15,27,30H,9-10,16-17H2,1-3H3. The Kier molecular flexibility index (Phi) is 8.63. The van der Waals surface area contributed by atoms with Gasteiger partial charge in [-0.15, -0.1) is 0 Å². The van der Waals surface area contributed by atoms with Gasteiger partial charge in [0.15, 0.2) is 11.5 Å². The maximum atomic E-state index is 13.2. The predicted molar refractivity (Wildman–Crippen MR) is 133 cm³/mol. The second kappa shape index (κ2) is 11.8. The highest BCUT2D eigenvalue weighted by Crippen LogP contribution is 2.35. The minimum Gasteiger partial charge on any atom is -0.493 e. The molecule has 3 aromatic carbocycles. The quantitative estimate of drug-likeness (QED) is 0.315. The van der Waals surface area contributed by atoms with Gasteiger partial charge in [0, 0.05) is 38.8 Å². The van der Waals surface area contributed by atoms with Crippen LogP contribution in [0.15, 0.2) is 60.7 Å². The molecule has 0 atom stereocenters. The summed E-state index contributed by atoms with van der Waals surface area (Å²) in [7, 11) is 4.94. The Labute approximate surface area is 204 Å². The number of amides is 1. The molecule has 0 saturated carbocycles. The van der Waals surface area contributed by atoms with E-state index in [0.717, 1.165) is 12.0 Å². The van der Waals surface area contributed by atoms with Crippen molar-refractivity contribution in [2.24, 2.45) is 0 Å². The second-order valence-electron chi connectivity index (χ2n) is 7.97. The van der Waals surface area contributed by atoms with Crippen molar-refractivity contribution < 1.29 is 24.3 Å². The van der Waals surface area contributed by atoms with Gasteiger partial charge in [-0.05, 0) is 35.2 Å². The minimum absolute atomic E-state index is 0.0124. The molecule has 0 spiro atoms. The molecule has 3 rings (SSSR count). The summed E-state index contributed by atoms with van der Waals surface area (Å²) < 4.78 is 11.4. The molecule has 0 heterocycles. The number of carbonyl (C=O) groups is 1. The Morgan fingerprint density at radius 3 is 2.40 bits per heavy atom. The molecular weight excluding hydrogens is 450 g/mol. The lowest BCUT2D eigenvalue weighted by molar-refractivity contribution is -0.385. The molecule has 3 aromatic rings. The van der Waals surface area contributed by atoms with Gasteiger partial charge in [-0.1, -0.05) is 30.3 Å². The third kappa shape index (κ3) is 6.48. The molecule has 9 heteroatoms.